The minimum atomic E-state index is -0.812. The number of hydrogen-bond acceptors (Lipinski definition) is 2. The lowest BCUT2D eigenvalue weighted by Crippen LogP contribution is -2.49. The number of nitrogens with zero attached hydrogens (tertiary/aromatic N) is 1. The van der Waals surface area contributed by atoms with E-state index in [0.717, 1.165) is 15.6 Å². The van der Waals surface area contributed by atoms with Crippen LogP contribution in [-0.4, -0.2) is 34.5 Å². The molecule has 0 bridgehead atoms. The van der Waals surface area contributed by atoms with Gasteiger partial charge in [-0.2, -0.15) is 0 Å². The van der Waals surface area contributed by atoms with Crippen molar-refractivity contribution in [1.29, 1.82) is 0 Å². The molecular formula is C15H18INO3. The van der Waals surface area contributed by atoms with Crippen LogP contribution in [0.2, 0.25) is 0 Å². The Labute approximate surface area is 132 Å². The average Bonchev–Trinajstić information content (AvgIpc) is 2.41. The zero-order valence-corrected chi connectivity index (χ0v) is 13.8. The summed E-state index contributed by atoms with van der Waals surface area (Å²) in [5.74, 6) is -1.34. The summed E-state index contributed by atoms with van der Waals surface area (Å²) in [6.07, 6.45) is 1.39. The number of benzene rings is 1. The number of likely N-dealkylation sites (tertiary alicyclic amines) is 1. The molecule has 1 heterocycles. The van der Waals surface area contributed by atoms with Gasteiger partial charge in [0.15, 0.2) is 0 Å². The minimum absolute atomic E-state index is 0.0682. The summed E-state index contributed by atoms with van der Waals surface area (Å²) in [5.41, 5.74) is 1.77. The molecule has 1 aliphatic heterocycles. The second kappa shape index (κ2) is 6.11. The number of carboxylic acid groups (broad SMARTS) is 1. The molecule has 1 aromatic rings. The number of hydrogen-bond donors (Lipinski definition) is 1. The van der Waals surface area contributed by atoms with Crippen LogP contribution in [0.5, 0.6) is 0 Å². The molecule has 4 nitrogen and oxygen atoms in total. The SMILES string of the molecule is Cc1ccc(C(=O)N2CCC[C@@H](C(=O)O)[C@H]2C)cc1I. The molecule has 1 aromatic carbocycles. The Morgan fingerprint density at radius 2 is 2.10 bits per heavy atom. The summed E-state index contributed by atoms with van der Waals surface area (Å²) < 4.78 is 1.05. The maximum absolute atomic E-state index is 12.6. The third-order valence-electron chi connectivity index (χ3n) is 3.98. The highest BCUT2D eigenvalue weighted by atomic mass is 127. The number of piperidine rings is 1. The first-order chi connectivity index (χ1) is 9.41. The van der Waals surface area contributed by atoms with Gasteiger partial charge in [0.25, 0.3) is 5.91 Å². The molecule has 0 saturated carbocycles. The van der Waals surface area contributed by atoms with Gasteiger partial charge in [-0.1, -0.05) is 6.07 Å². The van der Waals surface area contributed by atoms with Crippen molar-refractivity contribution in [3.8, 4) is 0 Å². The lowest BCUT2D eigenvalue weighted by atomic mass is 9.90. The number of carbonyl (C=O) groups is 2. The fraction of sp³-hybridized carbons (Fsp3) is 0.467. The molecule has 0 unspecified atom stereocenters. The van der Waals surface area contributed by atoms with Gasteiger partial charge in [0.05, 0.1) is 5.92 Å². The minimum Gasteiger partial charge on any atom is -0.481 e. The van der Waals surface area contributed by atoms with Gasteiger partial charge in [-0.05, 0) is 67.0 Å². The van der Waals surface area contributed by atoms with Crippen LogP contribution in [0.3, 0.4) is 0 Å². The number of carbonyl (C=O) groups excluding carboxylic acids is 1. The predicted molar refractivity (Wildman–Crippen MR) is 84.8 cm³/mol. The van der Waals surface area contributed by atoms with Gasteiger partial charge >= 0.3 is 5.97 Å². The van der Waals surface area contributed by atoms with Crippen LogP contribution in [0.15, 0.2) is 18.2 Å². The highest BCUT2D eigenvalue weighted by molar-refractivity contribution is 14.1. The Hall–Kier alpha value is -1.11. The summed E-state index contributed by atoms with van der Waals surface area (Å²) in [7, 11) is 0. The Balaban J connectivity index is 2.23. The van der Waals surface area contributed by atoms with Gasteiger partial charge < -0.3 is 10.0 Å². The van der Waals surface area contributed by atoms with E-state index in [1.54, 1.807) is 4.90 Å². The molecule has 2 atom stereocenters. The molecule has 20 heavy (non-hydrogen) atoms. The fourth-order valence-electron chi connectivity index (χ4n) is 2.65. The van der Waals surface area contributed by atoms with Gasteiger partial charge in [0.1, 0.15) is 0 Å². The van der Waals surface area contributed by atoms with Crippen LogP contribution in [0.4, 0.5) is 0 Å². The molecule has 108 valence electrons. The predicted octanol–water partition coefficient (Wildman–Crippen LogP) is 2.92. The molecule has 2 rings (SSSR count). The fourth-order valence-corrected chi connectivity index (χ4v) is 3.17. The maximum Gasteiger partial charge on any atom is 0.308 e. The van der Waals surface area contributed by atoms with Gasteiger partial charge in [-0.25, -0.2) is 0 Å². The van der Waals surface area contributed by atoms with E-state index in [1.165, 1.54) is 0 Å². The molecule has 5 heteroatoms. The summed E-state index contributed by atoms with van der Waals surface area (Å²) in [5, 5.41) is 9.22. The smallest absolute Gasteiger partial charge is 0.308 e. The standard InChI is InChI=1S/C15H18INO3/c1-9-5-6-11(8-13(9)16)14(18)17-7-3-4-12(10(17)2)15(19)20/h5-6,8,10,12H,3-4,7H2,1-2H3,(H,19,20)/t10-,12-/m1/s1. The Morgan fingerprint density at radius 3 is 2.70 bits per heavy atom. The van der Waals surface area contributed by atoms with Crippen molar-refractivity contribution < 1.29 is 14.7 Å². The van der Waals surface area contributed by atoms with Gasteiger partial charge in [0, 0.05) is 21.7 Å². The number of aryl methyl sites for hydroxylation is 1. The zero-order chi connectivity index (χ0) is 14.9. The van der Waals surface area contributed by atoms with E-state index in [0.29, 0.717) is 18.5 Å². The number of aliphatic carboxylic acids is 1. The van der Waals surface area contributed by atoms with Crippen LogP contribution < -0.4 is 0 Å². The lowest BCUT2D eigenvalue weighted by molar-refractivity contribution is -0.144. The van der Waals surface area contributed by atoms with Crippen LogP contribution in [0, 0.1) is 16.4 Å². The van der Waals surface area contributed by atoms with Crippen molar-refractivity contribution >= 4 is 34.5 Å². The van der Waals surface area contributed by atoms with Gasteiger partial charge in [0.2, 0.25) is 0 Å². The quantitative estimate of drug-likeness (QED) is 0.794. The number of rotatable bonds is 2. The first-order valence-corrected chi connectivity index (χ1v) is 7.79. The zero-order valence-electron chi connectivity index (χ0n) is 11.6. The van der Waals surface area contributed by atoms with Crippen molar-refractivity contribution in [3.63, 3.8) is 0 Å². The van der Waals surface area contributed by atoms with E-state index in [2.05, 4.69) is 22.6 Å². The second-order valence-corrected chi connectivity index (χ2v) is 6.45. The highest BCUT2D eigenvalue weighted by Crippen LogP contribution is 2.26. The largest absolute Gasteiger partial charge is 0.481 e. The Kier molecular flexibility index (Phi) is 4.67. The van der Waals surface area contributed by atoms with Gasteiger partial charge in [-0.15, -0.1) is 0 Å². The molecule has 1 N–H and O–H groups in total. The third kappa shape index (κ3) is 2.97. The van der Waals surface area contributed by atoms with E-state index >= 15 is 0 Å². The highest BCUT2D eigenvalue weighted by Gasteiger charge is 2.35. The van der Waals surface area contributed by atoms with E-state index in [1.807, 2.05) is 32.0 Å². The molecule has 1 aliphatic rings. The Morgan fingerprint density at radius 1 is 1.40 bits per heavy atom. The van der Waals surface area contributed by atoms with E-state index in [9.17, 15) is 14.7 Å². The molecule has 0 radical (unpaired) electrons. The molecule has 0 spiro atoms. The third-order valence-corrected chi connectivity index (χ3v) is 5.15. The van der Waals surface area contributed by atoms with Crippen molar-refractivity contribution in [2.75, 3.05) is 6.54 Å². The maximum atomic E-state index is 12.6. The van der Waals surface area contributed by atoms with Crippen molar-refractivity contribution in [2.45, 2.75) is 32.7 Å². The lowest BCUT2D eigenvalue weighted by Gasteiger charge is -2.37. The summed E-state index contributed by atoms with van der Waals surface area (Å²) in [6.45, 7) is 4.46. The van der Waals surface area contributed by atoms with E-state index in [4.69, 9.17) is 0 Å². The van der Waals surface area contributed by atoms with Crippen LogP contribution in [0.25, 0.3) is 0 Å². The monoisotopic (exact) mass is 387 g/mol. The molecule has 1 fully saturated rings. The average molecular weight is 387 g/mol. The first kappa shape index (κ1) is 15.3. The summed E-state index contributed by atoms with van der Waals surface area (Å²) >= 11 is 2.21. The van der Waals surface area contributed by atoms with Crippen LogP contribution in [-0.2, 0) is 4.79 Å². The molecular weight excluding hydrogens is 369 g/mol. The number of carboxylic acids is 1. The topological polar surface area (TPSA) is 57.6 Å². The van der Waals surface area contributed by atoms with Crippen LogP contribution in [0.1, 0.15) is 35.7 Å². The summed E-state index contributed by atoms with van der Waals surface area (Å²) in [6, 6.07) is 5.36. The van der Waals surface area contributed by atoms with Crippen molar-refractivity contribution in [3.05, 3.63) is 32.9 Å². The Bertz CT molecular complexity index is 544. The second-order valence-electron chi connectivity index (χ2n) is 5.29. The van der Waals surface area contributed by atoms with Crippen LogP contribution >= 0.6 is 22.6 Å². The molecule has 1 amide bonds. The van der Waals surface area contributed by atoms with Crippen molar-refractivity contribution in [2.24, 2.45) is 5.92 Å². The number of halogens is 1. The number of amides is 1. The normalized spacial score (nSPS) is 22.6. The molecule has 1 saturated heterocycles. The molecule has 0 aliphatic carbocycles. The first-order valence-electron chi connectivity index (χ1n) is 6.71. The molecule has 0 aromatic heterocycles. The van der Waals surface area contributed by atoms with Crippen molar-refractivity contribution in [1.82, 2.24) is 4.90 Å². The van der Waals surface area contributed by atoms with Gasteiger partial charge in [-0.3, -0.25) is 9.59 Å². The van der Waals surface area contributed by atoms with E-state index in [-0.39, 0.29) is 11.9 Å². The van der Waals surface area contributed by atoms with E-state index < -0.39 is 11.9 Å². The summed E-state index contributed by atoms with van der Waals surface area (Å²) in [4.78, 5) is 25.5.